The molecule has 0 atom stereocenters. The summed E-state index contributed by atoms with van der Waals surface area (Å²) in [5.41, 5.74) is 0. The first-order valence-electron chi connectivity index (χ1n) is 2.67. The molecule has 1 nitrogen and oxygen atoms in total. The van der Waals surface area contributed by atoms with Crippen LogP contribution in [-0.4, -0.2) is 17.6 Å². The van der Waals surface area contributed by atoms with Crippen molar-refractivity contribution >= 4 is 5.78 Å². The molecule has 10 heavy (non-hydrogen) atoms. The Morgan fingerprint density at radius 1 is 1.00 bits per heavy atom. The fourth-order valence-corrected chi connectivity index (χ4v) is 0.809. The van der Waals surface area contributed by atoms with Gasteiger partial charge in [-0.25, -0.2) is 0 Å². The Balaban J connectivity index is 2.88. The molecule has 0 amide bonds. The van der Waals surface area contributed by atoms with Gasteiger partial charge >= 0.3 is 11.8 Å². The highest BCUT2D eigenvalue weighted by Crippen LogP contribution is 2.41. The second kappa shape index (κ2) is 1.71. The molecule has 1 rings (SSSR count). The molecule has 0 aliphatic heterocycles. The first-order chi connectivity index (χ1) is 4.36. The van der Waals surface area contributed by atoms with Gasteiger partial charge in [-0.15, -0.1) is 0 Å². The van der Waals surface area contributed by atoms with Gasteiger partial charge in [0.15, 0.2) is 0 Å². The van der Waals surface area contributed by atoms with E-state index < -0.39 is 30.5 Å². The van der Waals surface area contributed by atoms with Crippen LogP contribution in [0.1, 0.15) is 12.8 Å². The summed E-state index contributed by atoms with van der Waals surface area (Å²) < 4.78 is 48.0. The third-order valence-electron chi connectivity index (χ3n) is 1.42. The van der Waals surface area contributed by atoms with Crippen LogP contribution in [0.15, 0.2) is 0 Å². The molecule has 1 aliphatic rings. The number of hydrogen-bond acceptors (Lipinski definition) is 1. The Morgan fingerprint density at radius 2 is 1.30 bits per heavy atom. The fourth-order valence-electron chi connectivity index (χ4n) is 0.809. The lowest BCUT2D eigenvalue weighted by Gasteiger charge is -2.06. The minimum absolute atomic E-state index is 1.03. The van der Waals surface area contributed by atoms with Crippen LogP contribution in [-0.2, 0) is 4.79 Å². The second-order valence-electron chi connectivity index (χ2n) is 2.24. The van der Waals surface area contributed by atoms with Gasteiger partial charge < -0.3 is 0 Å². The molecule has 1 fully saturated rings. The Kier molecular flexibility index (Phi) is 1.28. The van der Waals surface area contributed by atoms with E-state index in [0.29, 0.717) is 0 Å². The zero-order chi connectivity index (χ0) is 7.99. The van der Waals surface area contributed by atoms with E-state index in [4.69, 9.17) is 0 Å². The van der Waals surface area contributed by atoms with Gasteiger partial charge in [0.2, 0.25) is 0 Å². The maximum atomic E-state index is 12.0. The van der Waals surface area contributed by atoms with Crippen molar-refractivity contribution in [3.8, 4) is 0 Å². The van der Waals surface area contributed by atoms with Gasteiger partial charge in [0, 0.05) is 12.8 Å². The number of alkyl halides is 4. The quantitative estimate of drug-likeness (QED) is 0.487. The van der Waals surface area contributed by atoms with E-state index in [2.05, 4.69) is 0 Å². The molecule has 5 heteroatoms. The van der Waals surface area contributed by atoms with E-state index in [0.717, 1.165) is 0 Å². The van der Waals surface area contributed by atoms with E-state index in [9.17, 15) is 22.4 Å². The average Bonchev–Trinajstić information content (AvgIpc) is 1.95. The summed E-state index contributed by atoms with van der Waals surface area (Å²) in [6, 6.07) is 0. The average molecular weight is 156 g/mol. The predicted molar refractivity (Wildman–Crippen MR) is 24.1 cm³/mol. The van der Waals surface area contributed by atoms with Gasteiger partial charge in [0.1, 0.15) is 0 Å². The molecule has 0 N–H and O–H groups in total. The molecule has 1 aliphatic carbocycles. The second-order valence-corrected chi connectivity index (χ2v) is 2.24. The number of ketones is 1. The fraction of sp³-hybridized carbons (Fsp3) is 0.800. The van der Waals surface area contributed by atoms with Crippen molar-refractivity contribution in [1.29, 1.82) is 0 Å². The van der Waals surface area contributed by atoms with Crippen molar-refractivity contribution in [3.05, 3.63) is 0 Å². The van der Waals surface area contributed by atoms with Crippen molar-refractivity contribution in [3.63, 3.8) is 0 Å². The maximum Gasteiger partial charge on any atom is 0.311 e. The van der Waals surface area contributed by atoms with Crippen LogP contribution in [0.4, 0.5) is 17.6 Å². The molecular weight excluding hydrogens is 152 g/mol. The molecule has 1 saturated carbocycles. The molecule has 0 unspecified atom stereocenters. The van der Waals surface area contributed by atoms with Gasteiger partial charge in [0.25, 0.3) is 5.78 Å². The van der Waals surface area contributed by atoms with Crippen LogP contribution in [0, 0.1) is 0 Å². The lowest BCUT2D eigenvalue weighted by Crippen LogP contribution is -2.32. The van der Waals surface area contributed by atoms with Gasteiger partial charge in [-0.3, -0.25) is 4.79 Å². The summed E-state index contributed by atoms with van der Waals surface area (Å²) in [5, 5.41) is 0. The Bertz CT molecular complexity index is 156. The van der Waals surface area contributed by atoms with Crippen LogP contribution in [0.25, 0.3) is 0 Å². The molecule has 0 spiro atoms. The molecule has 58 valence electrons. The monoisotopic (exact) mass is 156 g/mol. The number of Topliss-reactive ketones (excluding diaryl/α,β-unsaturated/α-hetero) is 1. The first-order valence-corrected chi connectivity index (χ1v) is 2.67. The summed E-state index contributed by atoms with van der Waals surface area (Å²) in [5.74, 6) is -9.84. The molecule has 0 aromatic heterocycles. The lowest BCUT2D eigenvalue weighted by molar-refractivity contribution is -0.155. The number of halogens is 4. The maximum absolute atomic E-state index is 12.0. The van der Waals surface area contributed by atoms with Crippen LogP contribution in [0.5, 0.6) is 0 Å². The number of rotatable bonds is 0. The minimum atomic E-state index is -3.80. The standard InChI is InChI=1S/C5H4F4O/c6-4(7)1-2-5(8,9)3(4)10/h1-2H2. The Hall–Kier alpha value is -0.610. The van der Waals surface area contributed by atoms with Crippen LogP contribution in [0.3, 0.4) is 0 Å². The summed E-state index contributed by atoms with van der Waals surface area (Å²) in [7, 11) is 0. The third-order valence-corrected chi connectivity index (χ3v) is 1.42. The Morgan fingerprint density at radius 3 is 1.40 bits per heavy atom. The summed E-state index contributed by atoms with van der Waals surface area (Å²) in [6.45, 7) is 0. The minimum Gasteiger partial charge on any atom is -0.286 e. The third kappa shape index (κ3) is 0.892. The van der Waals surface area contributed by atoms with E-state index in [1.807, 2.05) is 0 Å². The van der Waals surface area contributed by atoms with E-state index >= 15 is 0 Å². The number of hydrogen-bond donors (Lipinski definition) is 0. The van der Waals surface area contributed by atoms with Crippen LogP contribution < -0.4 is 0 Å². The summed E-state index contributed by atoms with van der Waals surface area (Å²) in [6.07, 6.45) is -2.06. The molecule has 0 aromatic carbocycles. The van der Waals surface area contributed by atoms with Gasteiger partial charge in [-0.05, 0) is 0 Å². The highest BCUT2D eigenvalue weighted by Gasteiger charge is 2.60. The van der Waals surface area contributed by atoms with Crippen molar-refractivity contribution < 1.29 is 22.4 Å². The molecular formula is C5H4F4O. The Labute approximate surface area is 54.0 Å². The van der Waals surface area contributed by atoms with E-state index in [1.165, 1.54) is 0 Å². The predicted octanol–water partition coefficient (Wildman–Crippen LogP) is 1.62. The zero-order valence-electron chi connectivity index (χ0n) is 4.83. The largest absolute Gasteiger partial charge is 0.311 e. The van der Waals surface area contributed by atoms with Gasteiger partial charge in [-0.2, -0.15) is 17.6 Å². The topological polar surface area (TPSA) is 17.1 Å². The number of carbonyl (C=O) groups is 1. The van der Waals surface area contributed by atoms with Crippen LogP contribution >= 0.6 is 0 Å². The van der Waals surface area contributed by atoms with Crippen molar-refractivity contribution in [2.24, 2.45) is 0 Å². The molecule has 0 bridgehead atoms. The lowest BCUT2D eigenvalue weighted by atomic mass is 10.2. The zero-order valence-corrected chi connectivity index (χ0v) is 4.83. The molecule has 0 heterocycles. The van der Waals surface area contributed by atoms with Gasteiger partial charge in [0.05, 0.1) is 0 Å². The smallest absolute Gasteiger partial charge is 0.286 e. The van der Waals surface area contributed by atoms with Crippen molar-refractivity contribution in [1.82, 2.24) is 0 Å². The SMILES string of the molecule is O=C1C(F)(F)CCC1(F)F. The van der Waals surface area contributed by atoms with Gasteiger partial charge in [-0.1, -0.05) is 0 Å². The summed E-state index contributed by atoms with van der Waals surface area (Å²) >= 11 is 0. The molecule has 0 aromatic rings. The van der Waals surface area contributed by atoms with Crippen molar-refractivity contribution in [2.75, 3.05) is 0 Å². The van der Waals surface area contributed by atoms with E-state index in [1.54, 1.807) is 0 Å². The normalized spacial score (nSPS) is 29.0. The molecule has 0 saturated heterocycles. The molecule has 0 radical (unpaired) electrons. The van der Waals surface area contributed by atoms with Crippen LogP contribution in [0.2, 0.25) is 0 Å². The van der Waals surface area contributed by atoms with E-state index in [-0.39, 0.29) is 0 Å². The number of carbonyl (C=O) groups excluding carboxylic acids is 1. The summed E-state index contributed by atoms with van der Waals surface area (Å²) in [4.78, 5) is 10.0. The first kappa shape index (κ1) is 7.50. The highest BCUT2D eigenvalue weighted by molar-refractivity contribution is 5.94. The van der Waals surface area contributed by atoms with Crippen molar-refractivity contribution in [2.45, 2.75) is 24.7 Å². The highest BCUT2D eigenvalue weighted by atomic mass is 19.3.